The highest BCUT2D eigenvalue weighted by Crippen LogP contribution is 2.23. The topological polar surface area (TPSA) is 73.0 Å². The van der Waals surface area contributed by atoms with Crippen LogP contribution in [0.25, 0.3) is 10.7 Å². The van der Waals surface area contributed by atoms with Gasteiger partial charge in [-0.2, -0.15) is 9.67 Å². The molecule has 3 aromatic rings. The maximum Gasteiger partial charge on any atom is 0.250 e. The number of aromatic nitrogens is 3. The van der Waals surface area contributed by atoms with E-state index in [2.05, 4.69) is 15.4 Å². The molecule has 23 heavy (non-hydrogen) atoms. The standard InChI is InChI=1S/C16H18N4O2S/c1-3-5-14(21)20-16(17-10-12-8-7-11(2)22-12)18-15(19-20)13-6-4-9-23-13/h4,6-9H,3,5,10H2,1-2H3,(H,17,18,19). The van der Waals surface area contributed by atoms with Gasteiger partial charge in [0.25, 0.3) is 0 Å². The van der Waals surface area contributed by atoms with Crippen LogP contribution in [0.1, 0.15) is 36.1 Å². The highest BCUT2D eigenvalue weighted by molar-refractivity contribution is 7.13. The zero-order valence-electron chi connectivity index (χ0n) is 13.1. The molecule has 0 unspecified atom stereocenters. The van der Waals surface area contributed by atoms with Crippen LogP contribution >= 0.6 is 11.3 Å². The smallest absolute Gasteiger partial charge is 0.250 e. The molecule has 7 heteroatoms. The first-order chi connectivity index (χ1) is 11.2. The van der Waals surface area contributed by atoms with Crippen LogP contribution in [0.2, 0.25) is 0 Å². The summed E-state index contributed by atoms with van der Waals surface area (Å²) >= 11 is 1.54. The van der Waals surface area contributed by atoms with Crippen molar-refractivity contribution in [1.82, 2.24) is 14.8 Å². The van der Waals surface area contributed by atoms with Crippen LogP contribution in [0.4, 0.5) is 5.95 Å². The number of carbonyl (C=O) groups is 1. The van der Waals surface area contributed by atoms with Crippen LogP contribution in [0.15, 0.2) is 34.1 Å². The molecule has 0 saturated heterocycles. The number of carbonyl (C=O) groups excluding carboxylic acids is 1. The second-order valence-corrected chi connectivity index (χ2v) is 6.11. The van der Waals surface area contributed by atoms with Crippen molar-refractivity contribution in [2.24, 2.45) is 0 Å². The van der Waals surface area contributed by atoms with Crippen molar-refractivity contribution < 1.29 is 9.21 Å². The van der Waals surface area contributed by atoms with E-state index in [9.17, 15) is 4.79 Å². The number of aryl methyl sites for hydroxylation is 1. The van der Waals surface area contributed by atoms with Crippen LogP contribution in [0.3, 0.4) is 0 Å². The molecule has 1 N–H and O–H groups in total. The molecule has 0 aliphatic heterocycles. The first-order valence-electron chi connectivity index (χ1n) is 7.50. The number of rotatable bonds is 6. The van der Waals surface area contributed by atoms with Gasteiger partial charge in [-0.1, -0.05) is 13.0 Å². The van der Waals surface area contributed by atoms with Crippen LogP contribution in [-0.2, 0) is 6.54 Å². The van der Waals surface area contributed by atoms with E-state index in [0.717, 1.165) is 22.8 Å². The summed E-state index contributed by atoms with van der Waals surface area (Å²) in [5.41, 5.74) is 0. The minimum atomic E-state index is -0.0686. The van der Waals surface area contributed by atoms with Gasteiger partial charge in [0.15, 0.2) is 5.82 Å². The minimum absolute atomic E-state index is 0.0686. The Morgan fingerprint density at radius 3 is 2.91 bits per heavy atom. The fourth-order valence-electron chi connectivity index (χ4n) is 2.18. The molecular formula is C16H18N4O2S. The van der Waals surface area contributed by atoms with Gasteiger partial charge in [0.05, 0.1) is 11.4 Å². The lowest BCUT2D eigenvalue weighted by atomic mass is 10.3. The highest BCUT2D eigenvalue weighted by Gasteiger charge is 2.17. The zero-order valence-corrected chi connectivity index (χ0v) is 13.9. The first-order valence-corrected chi connectivity index (χ1v) is 8.38. The number of furan rings is 1. The van der Waals surface area contributed by atoms with E-state index in [1.807, 2.05) is 43.5 Å². The van der Waals surface area contributed by atoms with Crippen molar-refractivity contribution in [3.05, 3.63) is 41.2 Å². The molecule has 0 radical (unpaired) electrons. The van der Waals surface area contributed by atoms with Gasteiger partial charge in [0.1, 0.15) is 11.5 Å². The van der Waals surface area contributed by atoms with E-state index in [0.29, 0.717) is 24.7 Å². The summed E-state index contributed by atoms with van der Waals surface area (Å²) in [6.45, 7) is 4.31. The molecule has 120 valence electrons. The van der Waals surface area contributed by atoms with Crippen LogP contribution in [0, 0.1) is 6.92 Å². The van der Waals surface area contributed by atoms with Crippen molar-refractivity contribution >= 4 is 23.2 Å². The molecule has 0 fully saturated rings. The molecule has 0 aliphatic rings. The van der Waals surface area contributed by atoms with E-state index in [1.54, 1.807) is 11.3 Å². The maximum atomic E-state index is 12.3. The number of nitrogens with one attached hydrogen (secondary N) is 1. The lowest BCUT2D eigenvalue weighted by Gasteiger charge is -2.05. The predicted octanol–water partition coefficient (Wildman–Crippen LogP) is 3.96. The summed E-state index contributed by atoms with van der Waals surface area (Å²) < 4.78 is 6.88. The van der Waals surface area contributed by atoms with Gasteiger partial charge < -0.3 is 9.73 Å². The van der Waals surface area contributed by atoms with Gasteiger partial charge in [-0.15, -0.1) is 16.4 Å². The second kappa shape index (κ2) is 6.78. The molecule has 3 rings (SSSR count). The molecule has 0 amide bonds. The van der Waals surface area contributed by atoms with Gasteiger partial charge >= 0.3 is 0 Å². The van der Waals surface area contributed by atoms with Crippen LogP contribution in [0.5, 0.6) is 0 Å². The SMILES string of the molecule is CCCC(=O)n1nc(-c2cccs2)nc1NCc1ccc(C)o1. The monoisotopic (exact) mass is 330 g/mol. The number of hydrogen-bond acceptors (Lipinski definition) is 6. The third-order valence-electron chi connectivity index (χ3n) is 3.27. The Morgan fingerprint density at radius 1 is 1.39 bits per heavy atom. The van der Waals surface area contributed by atoms with Crippen molar-refractivity contribution in [3.8, 4) is 10.7 Å². The number of hydrogen-bond donors (Lipinski definition) is 1. The first kappa shape index (κ1) is 15.5. The van der Waals surface area contributed by atoms with E-state index in [-0.39, 0.29) is 5.91 Å². The van der Waals surface area contributed by atoms with Gasteiger partial charge in [0, 0.05) is 6.42 Å². The van der Waals surface area contributed by atoms with Gasteiger partial charge in [-0.05, 0) is 36.9 Å². The molecule has 0 bridgehead atoms. The number of nitrogens with zero attached hydrogens (tertiary/aromatic N) is 3. The molecule has 3 heterocycles. The Bertz CT molecular complexity index is 789. The molecule has 0 spiro atoms. The Kier molecular flexibility index (Phi) is 4.57. The molecular weight excluding hydrogens is 312 g/mol. The summed E-state index contributed by atoms with van der Waals surface area (Å²) in [5, 5.41) is 9.47. The molecule has 0 saturated carbocycles. The van der Waals surface area contributed by atoms with Crippen LogP contribution < -0.4 is 5.32 Å². The molecule has 0 aliphatic carbocycles. The average molecular weight is 330 g/mol. The molecule has 3 aromatic heterocycles. The summed E-state index contributed by atoms with van der Waals surface area (Å²) in [4.78, 5) is 17.7. The van der Waals surface area contributed by atoms with E-state index in [4.69, 9.17) is 4.42 Å². The van der Waals surface area contributed by atoms with E-state index in [1.165, 1.54) is 4.68 Å². The minimum Gasteiger partial charge on any atom is -0.465 e. The predicted molar refractivity (Wildman–Crippen MR) is 89.6 cm³/mol. The second-order valence-electron chi connectivity index (χ2n) is 5.16. The summed E-state index contributed by atoms with van der Waals surface area (Å²) in [7, 11) is 0. The quantitative estimate of drug-likeness (QED) is 0.740. The third kappa shape index (κ3) is 3.50. The van der Waals surface area contributed by atoms with E-state index >= 15 is 0 Å². The highest BCUT2D eigenvalue weighted by atomic mass is 32.1. The lowest BCUT2D eigenvalue weighted by Crippen LogP contribution is -2.16. The zero-order chi connectivity index (χ0) is 16.2. The van der Waals surface area contributed by atoms with E-state index < -0.39 is 0 Å². The van der Waals surface area contributed by atoms with Crippen molar-refractivity contribution in [1.29, 1.82) is 0 Å². The Hall–Kier alpha value is -2.41. The van der Waals surface area contributed by atoms with Gasteiger partial charge in [0.2, 0.25) is 11.9 Å². The Balaban J connectivity index is 1.85. The maximum absolute atomic E-state index is 12.3. The fraction of sp³-hybridized carbons (Fsp3) is 0.312. The fourth-order valence-corrected chi connectivity index (χ4v) is 2.83. The number of anilines is 1. The lowest BCUT2D eigenvalue weighted by molar-refractivity contribution is 0.0888. The number of thiophene rings is 1. The van der Waals surface area contributed by atoms with Gasteiger partial charge in [-0.25, -0.2) is 0 Å². The summed E-state index contributed by atoms with van der Waals surface area (Å²) in [6, 6.07) is 7.68. The summed E-state index contributed by atoms with van der Waals surface area (Å²) in [6.07, 6.45) is 1.20. The average Bonchev–Trinajstić information content (AvgIpc) is 3.25. The van der Waals surface area contributed by atoms with Gasteiger partial charge in [-0.3, -0.25) is 4.79 Å². The normalized spacial score (nSPS) is 10.9. The van der Waals surface area contributed by atoms with Crippen molar-refractivity contribution in [2.45, 2.75) is 33.2 Å². The Morgan fingerprint density at radius 2 is 2.26 bits per heavy atom. The largest absolute Gasteiger partial charge is 0.465 e. The molecule has 0 atom stereocenters. The van der Waals surface area contributed by atoms with Crippen molar-refractivity contribution in [3.63, 3.8) is 0 Å². The van der Waals surface area contributed by atoms with Crippen LogP contribution in [-0.4, -0.2) is 20.7 Å². The summed E-state index contributed by atoms with van der Waals surface area (Å²) in [5.74, 6) is 2.58. The molecule has 0 aromatic carbocycles. The Labute approximate surface area is 138 Å². The third-order valence-corrected chi connectivity index (χ3v) is 4.13. The molecule has 6 nitrogen and oxygen atoms in total. The van der Waals surface area contributed by atoms with Crippen molar-refractivity contribution in [2.75, 3.05) is 5.32 Å².